The van der Waals surface area contributed by atoms with Crippen molar-refractivity contribution in [2.24, 2.45) is 12.8 Å². The van der Waals surface area contributed by atoms with Crippen molar-refractivity contribution in [3.8, 4) is 0 Å². The maximum Gasteiger partial charge on any atom is 0.111 e. The number of nitrogens with two attached hydrogens (primary N) is 1. The summed E-state index contributed by atoms with van der Waals surface area (Å²) in [5, 5.41) is 0. The molecule has 0 aliphatic heterocycles. The van der Waals surface area contributed by atoms with Crippen molar-refractivity contribution in [2.45, 2.75) is 19.4 Å². The summed E-state index contributed by atoms with van der Waals surface area (Å²) < 4.78 is 7.41. The van der Waals surface area contributed by atoms with Crippen molar-refractivity contribution < 1.29 is 4.42 Å². The van der Waals surface area contributed by atoms with E-state index < -0.39 is 0 Å². The Bertz CT molecular complexity index is 711. The van der Waals surface area contributed by atoms with Gasteiger partial charge in [0.05, 0.1) is 17.3 Å². The van der Waals surface area contributed by atoms with Crippen LogP contribution in [-0.4, -0.2) is 9.55 Å². The molecule has 1 aromatic carbocycles. The van der Waals surface area contributed by atoms with E-state index in [4.69, 9.17) is 10.2 Å². The first kappa shape index (κ1) is 12.0. The summed E-state index contributed by atoms with van der Waals surface area (Å²) >= 11 is 0. The summed E-state index contributed by atoms with van der Waals surface area (Å²) in [6.07, 6.45) is 2.38. The van der Waals surface area contributed by atoms with Crippen LogP contribution in [-0.2, 0) is 13.5 Å². The van der Waals surface area contributed by atoms with Gasteiger partial charge in [-0.1, -0.05) is 12.1 Å². The molecule has 0 amide bonds. The Morgan fingerprint density at radius 3 is 2.79 bits per heavy atom. The smallest absolute Gasteiger partial charge is 0.111 e. The molecular weight excluding hydrogens is 238 g/mol. The summed E-state index contributed by atoms with van der Waals surface area (Å²) in [4.78, 5) is 4.64. The molecule has 3 aromatic rings. The zero-order valence-corrected chi connectivity index (χ0v) is 11.1. The molecule has 2 aromatic heterocycles. The van der Waals surface area contributed by atoms with Gasteiger partial charge < -0.3 is 14.7 Å². The number of hydrogen-bond donors (Lipinski definition) is 1. The van der Waals surface area contributed by atoms with Crippen molar-refractivity contribution in [3.05, 3.63) is 53.7 Å². The zero-order chi connectivity index (χ0) is 13.4. The Kier molecular flexibility index (Phi) is 2.87. The van der Waals surface area contributed by atoms with Crippen LogP contribution in [0.5, 0.6) is 0 Å². The molecule has 2 heterocycles. The molecule has 0 aliphatic rings. The van der Waals surface area contributed by atoms with Crippen molar-refractivity contribution in [1.29, 1.82) is 0 Å². The minimum absolute atomic E-state index is 0.0886. The number of furan rings is 1. The SMILES string of the molecule is Cc1occc1C(N)Cc1nc2ccccc2n1C. The van der Waals surface area contributed by atoms with E-state index in [1.807, 2.05) is 38.2 Å². The second-order valence-electron chi connectivity index (χ2n) is 4.82. The highest BCUT2D eigenvalue weighted by molar-refractivity contribution is 5.75. The molecule has 4 heteroatoms. The van der Waals surface area contributed by atoms with Gasteiger partial charge in [0.25, 0.3) is 0 Å². The quantitative estimate of drug-likeness (QED) is 0.783. The molecule has 1 atom stereocenters. The lowest BCUT2D eigenvalue weighted by molar-refractivity contribution is 0.522. The molecule has 0 saturated heterocycles. The van der Waals surface area contributed by atoms with Gasteiger partial charge in [-0.15, -0.1) is 0 Å². The highest BCUT2D eigenvalue weighted by Crippen LogP contribution is 2.22. The molecule has 2 N–H and O–H groups in total. The van der Waals surface area contributed by atoms with Crippen LogP contribution in [0.3, 0.4) is 0 Å². The molecule has 3 rings (SSSR count). The minimum atomic E-state index is -0.0886. The van der Waals surface area contributed by atoms with Crippen molar-refractivity contribution in [2.75, 3.05) is 0 Å². The summed E-state index contributed by atoms with van der Waals surface area (Å²) in [6.45, 7) is 1.93. The zero-order valence-electron chi connectivity index (χ0n) is 11.1. The highest BCUT2D eigenvalue weighted by atomic mass is 16.3. The molecule has 19 heavy (non-hydrogen) atoms. The summed E-state index contributed by atoms with van der Waals surface area (Å²) in [5.74, 6) is 1.88. The number of hydrogen-bond acceptors (Lipinski definition) is 3. The molecule has 98 valence electrons. The lowest BCUT2D eigenvalue weighted by Crippen LogP contribution is -2.16. The van der Waals surface area contributed by atoms with Crippen molar-refractivity contribution in [3.63, 3.8) is 0 Å². The first-order valence-corrected chi connectivity index (χ1v) is 6.36. The molecule has 0 bridgehead atoms. The van der Waals surface area contributed by atoms with E-state index in [0.29, 0.717) is 6.42 Å². The number of rotatable bonds is 3. The van der Waals surface area contributed by atoms with Crippen LogP contribution in [0.1, 0.15) is 23.2 Å². The third-order valence-corrected chi connectivity index (χ3v) is 3.58. The van der Waals surface area contributed by atoms with Crippen LogP contribution >= 0.6 is 0 Å². The monoisotopic (exact) mass is 255 g/mol. The maximum atomic E-state index is 6.25. The lowest BCUT2D eigenvalue weighted by atomic mass is 10.1. The summed E-state index contributed by atoms with van der Waals surface area (Å²) in [6, 6.07) is 9.96. The number of aryl methyl sites for hydroxylation is 2. The molecule has 1 unspecified atom stereocenters. The van der Waals surface area contributed by atoms with E-state index >= 15 is 0 Å². The van der Waals surface area contributed by atoms with Gasteiger partial charge in [0.1, 0.15) is 11.6 Å². The number of para-hydroxylation sites is 2. The van der Waals surface area contributed by atoms with Gasteiger partial charge in [0.15, 0.2) is 0 Å². The molecule has 0 aliphatic carbocycles. The van der Waals surface area contributed by atoms with E-state index in [-0.39, 0.29) is 6.04 Å². The van der Waals surface area contributed by atoms with Gasteiger partial charge in [-0.05, 0) is 25.1 Å². The second-order valence-corrected chi connectivity index (χ2v) is 4.82. The number of nitrogens with zero attached hydrogens (tertiary/aromatic N) is 2. The fraction of sp³-hybridized carbons (Fsp3) is 0.267. The van der Waals surface area contributed by atoms with Crippen molar-refractivity contribution in [1.82, 2.24) is 9.55 Å². The van der Waals surface area contributed by atoms with Gasteiger partial charge in [0.2, 0.25) is 0 Å². The third-order valence-electron chi connectivity index (χ3n) is 3.58. The Hall–Kier alpha value is -2.07. The first-order chi connectivity index (χ1) is 9.16. The summed E-state index contributed by atoms with van der Waals surface area (Å²) in [7, 11) is 2.03. The largest absolute Gasteiger partial charge is 0.469 e. The molecule has 0 spiro atoms. The average molecular weight is 255 g/mol. The van der Waals surface area contributed by atoms with Gasteiger partial charge in [-0.3, -0.25) is 0 Å². The Balaban J connectivity index is 1.93. The standard InChI is InChI=1S/C15H17N3O/c1-10-11(7-8-19-10)12(16)9-15-17-13-5-3-4-6-14(13)18(15)2/h3-8,12H,9,16H2,1-2H3. The van der Waals surface area contributed by atoms with Crippen molar-refractivity contribution >= 4 is 11.0 Å². The molecule has 4 nitrogen and oxygen atoms in total. The molecule has 0 saturated carbocycles. The van der Waals surface area contributed by atoms with Gasteiger partial charge in [-0.25, -0.2) is 4.98 Å². The van der Waals surface area contributed by atoms with E-state index in [9.17, 15) is 0 Å². The fourth-order valence-electron chi connectivity index (χ4n) is 2.46. The van der Waals surface area contributed by atoms with Crippen LogP contribution in [0.25, 0.3) is 11.0 Å². The van der Waals surface area contributed by atoms with E-state index in [1.54, 1.807) is 6.26 Å². The van der Waals surface area contributed by atoms with Crippen LogP contribution in [0.2, 0.25) is 0 Å². The maximum absolute atomic E-state index is 6.25. The number of aromatic nitrogens is 2. The third kappa shape index (κ3) is 2.04. The Morgan fingerprint density at radius 2 is 2.11 bits per heavy atom. The average Bonchev–Trinajstić information content (AvgIpc) is 2.95. The van der Waals surface area contributed by atoms with E-state index in [0.717, 1.165) is 28.2 Å². The van der Waals surface area contributed by atoms with Crippen LogP contribution in [0, 0.1) is 6.92 Å². The lowest BCUT2D eigenvalue weighted by Gasteiger charge is -2.10. The molecule has 0 fully saturated rings. The minimum Gasteiger partial charge on any atom is -0.469 e. The number of imidazole rings is 1. The molecular formula is C15H17N3O. The van der Waals surface area contributed by atoms with Gasteiger partial charge in [0, 0.05) is 25.1 Å². The van der Waals surface area contributed by atoms with E-state index in [2.05, 4.69) is 15.6 Å². The predicted octanol–water partition coefficient (Wildman–Crippen LogP) is 2.72. The van der Waals surface area contributed by atoms with E-state index in [1.165, 1.54) is 0 Å². The number of benzene rings is 1. The Labute approximate surface area is 111 Å². The Morgan fingerprint density at radius 1 is 1.32 bits per heavy atom. The second kappa shape index (κ2) is 4.55. The van der Waals surface area contributed by atoms with Crippen LogP contribution in [0.4, 0.5) is 0 Å². The van der Waals surface area contributed by atoms with Gasteiger partial charge in [-0.2, -0.15) is 0 Å². The van der Waals surface area contributed by atoms with Gasteiger partial charge >= 0.3 is 0 Å². The fourth-order valence-corrected chi connectivity index (χ4v) is 2.46. The first-order valence-electron chi connectivity index (χ1n) is 6.36. The predicted molar refractivity (Wildman–Crippen MR) is 74.8 cm³/mol. The normalized spacial score (nSPS) is 13.0. The van der Waals surface area contributed by atoms with Crippen LogP contribution < -0.4 is 5.73 Å². The van der Waals surface area contributed by atoms with Crippen LogP contribution in [0.15, 0.2) is 41.0 Å². The number of fused-ring (bicyclic) bond motifs is 1. The highest BCUT2D eigenvalue weighted by Gasteiger charge is 2.15. The summed E-state index contributed by atoms with van der Waals surface area (Å²) in [5.41, 5.74) is 9.44. The topological polar surface area (TPSA) is 57.0 Å². The molecule has 0 radical (unpaired) electrons.